The monoisotopic (exact) mass is 328 g/mol. The molecule has 2 atom stereocenters. The Labute approximate surface area is 140 Å². The number of anilines is 1. The van der Waals surface area contributed by atoms with Gasteiger partial charge in [0.25, 0.3) is 0 Å². The largest absolute Gasteiger partial charge is 0.367 e. The quantitative estimate of drug-likeness (QED) is 0.909. The number of aryl methyl sites for hydroxylation is 1. The van der Waals surface area contributed by atoms with Crippen LogP contribution in [0.5, 0.6) is 0 Å². The van der Waals surface area contributed by atoms with Gasteiger partial charge in [-0.15, -0.1) is 0 Å². The van der Waals surface area contributed by atoms with Crippen LogP contribution in [0.4, 0.5) is 15.0 Å². The minimum Gasteiger partial charge on any atom is -0.367 e. The molecule has 1 aromatic heterocycles. The van der Waals surface area contributed by atoms with E-state index in [1.54, 1.807) is 17.2 Å². The second-order valence-corrected chi connectivity index (χ2v) is 6.13. The number of piperidine rings is 1. The second-order valence-electron chi connectivity index (χ2n) is 6.13. The van der Waals surface area contributed by atoms with Crippen molar-refractivity contribution >= 4 is 11.8 Å². The molecule has 0 saturated carbocycles. The third kappa shape index (κ3) is 3.48. The zero-order chi connectivity index (χ0) is 17.1. The molecule has 1 fully saturated rings. The lowest BCUT2D eigenvalue weighted by atomic mass is 9.89. The van der Waals surface area contributed by atoms with Gasteiger partial charge in [0.15, 0.2) is 0 Å². The number of amides is 2. The zero-order valence-electron chi connectivity index (χ0n) is 13.6. The fraction of sp³-hybridized carbons (Fsp3) is 0.333. The number of rotatable bonds is 3. The first kappa shape index (κ1) is 16.2. The van der Waals surface area contributed by atoms with Crippen LogP contribution in [0, 0.1) is 12.7 Å². The molecule has 0 radical (unpaired) electrons. The van der Waals surface area contributed by atoms with Crippen LogP contribution in [0.15, 0.2) is 42.6 Å². The summed E-state index contributed by atoms with van der Waals surface area (Å²) in [4.78, 5) is 17.8. The summed E-state index contributed by atoms with van der Waals surface area (Å²) < 4.78 is 13.4. The van der Waals surface area contributed by atoms with Gasteiger partial charge >= 0.3 is 6.03 Å². The molecule has 1 aromatic carbocycles. The lowest BCUT2D eigenvalue weighted by Crippen LogP contribution is -2.47. The van der Waals surface area contributed by atoms with E-state index in [0.717, 1.165) is 23.4 Å². The van der Waals surface area contributed by atoms with E-state index in [0.29, 0.717) is 13.0 Å². The highest BCUT2D eigenvalue weighted by Gasteiger charge is 2.32. The first-order valence-electron chi connectivity index (χ1n) is 8.04. The van der Waals surface area contributed by atoms with Gasteiger partial charge in [-0.05, 0) is 55.2 Å². The zero-order valence-corrected chi connectivity index (χ0v) is 13.6. The molecule has 1 saturated heterocycles. The Balaban J connectivity index is 1.83. The van der Waals surface area contributed by atoms with E-state index in [-0.39, 0.29) is 17.9 Å². The molecule has 126 valence electrons. The standard InChI is InChI=1S/C18H21FN4O/c1-12-10-13(19)5-6-15(12)16-11-14(7-9-23(16)18(20)24)22-17-4-2-3-8-21-17/h2-6,8,10,14,16H,7,9,11H2,1H3,(H2,20,24)(H,21,22). The highest BCUT2D eigenvalue weighted by Crippen LogP contribution is 2.34. The maximum atomic E-state index is 13.4. The van der Waals surface area contributed by atoms with Crippen LogP contribution in [0.3, 0.4) is 0 Å². The highest BCUT2D eigenvalue weighted by atomic mass is 19.1. The van der Waals surface area contributed by atoms with Gasteiger partial charge < -0.3 is 16.0 Å². The maximum absolute atomic E-state index is 13.4. The van der Waals surface area contributed by atoms with Crippen molar-refractivity contribution in [3.05, 3.63) is 59.5 Å². The Morgan fingerprint density at radius 2 is 2.21 bits per heavy atom. The molecule has 2 amide bonds. The van der Waals surface area contributed by atoms with Gasteiger partial charge in [0.2, 0.25) is 0 Å². The molecule has 0 spiro atoms. The molecule has 2 heterocycles. The number of pyridine rings is 1. The summed E-state index contributed by atoms with van der Waals surface area (Å²) in [5, 5.41) is 3.41. The van der Waals surface area contributed by atoms with E-state index in [1.807, 2.05) is 25.1 Å². The first-order chi connectivity index (χ1) is 11.5. The molecule has 0 aliphatic carbocycles. The molecule has 3 rings (SSSR count). The number of hydrogen-bond donors (Lipinski definition) is 2. The lowest BCUT2D eigenvalue weighted by Gasteiger charge is -2.39. The van der Waals surface area contributed by atoms with E-state index < -0.39 is 6.03 Å². The SMILES string of the molecule is Cc1cc(F)ccc1C1CC(Nc2ccccn2)CCN1C(N)=O. The van der Waals surface area contributed by atoms with Gasteiger partial charge in [-0.3, -0.25) is 0 Å². The number of hydrogen-bond acceptors (Lipinski definition) is 3. The Kier molecular flexibility index (Phi) is 4.64. The molecular formula is C18H21FN4O. The predicted octanol–water partition coefficient (Wildman–Crippen LogP) is 3.23. The fourth-order valence-corrected chi connectivity index (χ4v) is 3.33. The van der Waals surface area contributed by atoms with Crippen LogP contribution >= 0.6 is 0 Å². The van der Waals surface area contributed by atoms with Crippen LogP contribution in [-0.2, 0) is 0 Å². The molecule has 2 unspecified atom stereocenters. The van der Waals surface area contributed by atoms with E-state index in [1.165, 1.54) is 12.1 Å². The van der Waals surface area contributed by atoms with E-state index in [2.05, 4.69) is 10.3 Å². The number of aromatic nitrogens is 1. The molecule has 3 N–H and O–H groups in total. The topological polar surface area (TPSA) is 71.2 Å². The van der Waals surface area contributed by atoms with Crippen LogP contribution in [0.1, 0.15) is 30.0 Å². The number of carbonyl (C=O) groups excluding carboxylic acids is 1. The smallest absolute Gasteiger partial charge is 0.315 e. The number of nitrogens with one attached hydrogen (secondary N) is 1. The number of urea groups is 1. The molecule has 6 heteroatoms. The van der Waals surface area contributed by atoms with Crippen LogP contribution in [0.25, 0.3) is 0 Å². The summed E-state index contributed by atoms with van der Waals surface area (Å²) in [6.45, 7) is 2.41. The van der Waals surface area contributed by atoms with Gasteiger partial charge in [-0.2, -0.15) is 0 Å². The average molecular weight is 328 g/mol. The average Bonchev–Trinajstić information content (AvgIpc) is 2.55. The molecule has 2 aromatic rings. The van der Waals surface area contributed by atoms with Gasteiger partial charge in [0.1, 0.15) is 11.6 Å². The number of likely N-dealkylation sites (tertiary alicyclic amines) is 1. The molecular weight excluding hydrogens is 307 g/mol. The molecule has 24 heavy (non-hydrogen) atoms. The fourth-order valence-electron chi connectivity index (χ4n) is 3.33. The van der Waals surface area contributed by atoms with Crippen molar-refractivity contribution in [2.45, 2.75) is 31.8 Å². The molecule has 1 aliphatic rings. The van der Waals surface area contributed by atoms with E-state index in [4.69, 9.17) is 5.73 Å². The van der Waals surface area contributed by atoms with E-state index >= 15 is 0 Å². The van der Waals surface area contributed by atoms with Crippen molar-refractivity contribution in [1.29, 1.82) is 0 Å². The number of benzene rings is 1. The number of primary amides is 1. The van der Waals surface area contributed by atoms with Gasteiger partial charge in [0.05, 0.1) is 6.04 Å². The Morgan fingerprint density at radius 1 is 1.38 bits per heavy atom. The van der Waals surface area contributed by atoms with Gasteiger partial charge in [0, 0.05) is 18.8 Å². The number of halogens is 1. The number of nitrogens with zero attached hydrogens (tertiary/aromatic N) is 2. The Morgan fingerprint density at radius 3 is 2.88 bits per heavy atom. The summed E-state index contributed by atoms with van der Waals surface area (Å²) in [5.41, 5.74) is 7.31. The maximum Gasteiger partial charge on any atom is 0.315 e. The van der Waals surface area contributed by atoms with Crippen LogP contribution < -0.4 is 11.1 Å². The van der Waals surface area contributed by atoms with E-state index in [9.17, 15) is 9.18 Å². The minimum atomic E-state index is -0.444. The van der Waals surface area contributed by atoms with Crippen LogP contribution in [0.2, 0.25) is 0 Å². The third-order valence-electron chi connectivity index (χ3n) is 4.49. The second kappa shape index (κ2) is 6.86. The number of carbonyl (C=O) groups is 1. The minimum absolute atomic E-state index is 0.168. The third-order valence-corrected chi connectivity index (χ3v) is 4.49. The Hall–Kier alpha value is -2.63. The van der Waals surface area contributed by atoms with Crippen molar-refractivity contribution in [2.24, 2.45) is 5.73 Å². The van der Waals surface area contributed by atoms with Crippen molar-refractivity contribution in [1.82, 2.24) is 9.88 Å². The normalized spacial score (nSPS) is 20.7. The lowest BCUT2D eigenvalue weighted by molar-refractivity contribution is 0.154. The predicted molar refractivity (Wildman–Crippen MR) is 91.0 cm³/mol. The van der Waals surface area contributed by atoms with Gasteiger partial charge in [-0.1, -0.05) is 12.1 Å². The van der Waals surface area contributed by atoms with Crippen molar-refractivity contribution in [3.8, 4) is 0 Å². The summed E-state index contributed by atoms with van der Waals surface area (Å²) in [7, 11) is 0. The summed E-state index contributed by atoms with van der Waals surface area (Å²) in [5.74, 6) is 0.533. The first-order valence-corrected chi connectivity index (χ1v) is 8.04. The summed E-state index contributed by atoms with van der Waals surface area (Å²) >= 11 is 0. The van der Waals surface area contributed by atoms with Crippen LogP contribution in [-0.4, -0.2) is 28.5 Å². The van der Waals surface area contributed by atoms with Crippen molar-refractivity contribution < 1.29 is 9.18 Å². The van der Waals surface area contributed by atoms with Crippen molar-refractivity contribution in [2.75, 3.05) is 11.9 Å². The molecule has 5 nitrogen and oxygen atoms in total. The molecule has 0 bridgehead atoms. The Bertz CT molecular complexity index is 722. The molecule has 1 aliphatic heterocycles. The summed E-state index contributed by atoms with van der Waals surface area (Å²) in [6.07, 6.45) is 3.23. The van der Waals surface area contributed by atoms with Gasteiger partial charge in [-0.25, -0.2) is 14.2 Å². The van der Waals surface area contributed by atoms with Crippen molar-refractivity contribution in [3.63, 3.8) is 0 Å². The number of nitrogens with two attached hydrogens (primary N) is 1. The highest BCUT2D eigenvalue weighted by molar-refractivity contribution is 5.73. The summed E-state index contributed by atoms with van der Waals surface area (Å²) in [6, 6.07) is 9.93.